The minimum Gasteiger partial charge on any atom is -0.462 e. The highest BCUT2D eigenvalue weighted by Crippen LogP contribution is 2.45. The van der Waals surface area contributed by atoms with E-state index in [4.69, 9.17) is 37.0 Å². The molecule has 96 heavy (non-hydrogen) atoms. The summed E-state index contributed by atoms with van der Waals surface area (Å²) in [5.41, 5.74) is 0. The molecule has 0 aromatic carbocycles. The van der Waals surface area contributed by atoms with Crippen molar-refractivity contribution in [3.63, 3.8) is 0 Å². The van der Waals surface area contributed by atoms with E-state index in [1.165, 1.54) is 231 Å². The maximum absolute atomic E-state index is 13.1. The van der Waals surface area contributed by atoms with Crippen LogP contribution in [0.3, 0.4) is 0 Å². The molecule has 2 unspecified atom stereocenters. The Bertz CT molecular complexity index is 1830. The minimum atomic E-state index is -4.96. The molecular weight excluding hydrogens is 1260 g/mol. The van der Waals surface area contributed by atoms with Crippen molar-refractivity contribution >= 4 is 39.5 Å². The Morgan fingerprint density at radius 1 is 0.250 bits per heavy atom. The van der Waals surface area contributed by atoms with Gasteiger partial charge in [-0.2, -0.15) is 0 Å². The Kier molecular flexibility index (Phi) is 70.0. The van der Waals surface area contributed by atoms with Crippen molar-refractivity contribution in [3.8, 4) is 0 Å². The maximum atomic E-state index is 13.1. The van der Waals surface area contributed by atoms with E-state index < -0.39 is 97.5 Å². The number of hydrogen-bond acceptors (Lipinski definition) is 15. The number of aliphatic hydroxyl groups is 1. The Labute approximate surface area is 588 Å². The predicted molar refractivity (Wildman–Crippen MR) is 391 cm³/mol. The highest BCUT2D eigenvalue weighted by atomic mass is 31.2. The summed E-state index contributed by atoms with van der Waals surface area (Å²) in [5, 5.41) is 10.6. The molecule has 0 saturated heterocycles. The molecule has 17 nitrogen and oxygen atoms in total. The molecule has 0 heterocycles. The quantitative estimate of drug-likeness (QED) is 0.0222. The zero-order chi connectivity index (χ0) is 70.4. The normalized spacial score (nSPS) is 13.9. The first-order valence-corrected chi connectivity index (χ1v) is 43.3. The van der Waals surface area contributed by atoms with Crippen LogP contribution >= 0.6 is 15.6 Å². The SMILES string of the molecule is CCCCCCCCCCCCCCCCCCCCC(=O)O[C@H](COC(=O)CCCCCCCCCCCCCCCCCCC)COP(=O)(O)OC[C@@H](O)COP(=O)(O)OC[C@@H](COC(=O)CCCCCCCCC)OC(=O)CCCCCCCCCCCCCCCC. The average Bonchev–Trinajstić information content (AvgIpc) is 2.60. The molecular formula is C77H150O17P2. The van der Waals surface area contributed by atoms with Gasteiger partial charge in [0.05, 0.1) is 26.4 Å². The van der Waals surface area contributed by atoms with E-state index in [-0.39, 0.29) is 25.7 Å². The molecule has 0 aromatic heterocycles. The second-order valence-corrected chi connectivity index (χ2v) is 30.7. The van der Waals surface area contributed by atoms with Crippen molar-refractivity contribution in [1.82, 2.24) is 0 Å². The zero-order valence-corrected chi connectivity index (χ0v) is 64.1. The van der Waals surface area contributed by atoms with Crippen molar-refractivity contribution in [2.45, 2.75) is 431 Å². The largest absolute Gasteiger partial charge is 0.472 e. The van der Waals surface area contributed by atoms with Gasteiger partial charge in [-0.25, -0.2) is 9.13 Å². The molecule has 0 aliphatic heterocycles. The number of ether oxygens (including phenoxy) is 4. The lowest BCUT2D eigenvalue weighted by Crippen LogP contribution is -2.30. The minimum absolute atomic E-state index is 0.108. The van der Waals surface area contributed by atoms with Gasteiger partial charge in [-0.1, -0.05) is 362 Å². The lowest BCUT2D eigenvalue weighted by atomic mass is 10.0. The molecule has 0 aromatic rings. The second-order valence-electron chi connectivity index (χ2n) is 27.7. The van der Waals surface area contributed by atoms with E-state index in [0.717, 1.165) is 103 Å². The summed E-state index contributed by atoms with van der Waals surface area (Å²) in [7, 11) is -9.91. The number of unbranched alkanes of at least 4 members (excludes halogenated alkanes) is 52. The van der Waals surface area contributed by atoms with E-state index in [0.29, 0.717) is 25.7 Å². The standard InChI is InChI=1S/C77H150O17P2/c1-5-9-13-17-21-24-27-30-33-35-37-39-42-45-48-52-56-60-64-77(82)94-73(68-88-75(80)62-58-54-50-46-43-41-38-36-34-31-28-25-22-18-14-10-6-2)70-92-96(85,86)90-66-71(78)65-89-95(83,84)91-69-72(67-87-74(79)61-57-53-49-20-16-12-8-4)93-76(81)63-59-55-51-47-44-40-32-29-26-23-19-15-11-7-3/h71-73,78H,5-70H2,1-4H3,(H,83,84)(H,85,86)/t71-,72+,73+/m0/s1. The zero-order valence-electron chi connectivity index (χ0n) is 62.4. The summed E-state index contributed by atoms with van der Waals surface area (Å²) in [6, 6.07) is 0. The van der Waals surface area contributed by atoms with Gasteiger partial charge >= 0.3 is 39.5 Å². The monoisotopic (exact) mass is 1410 g/mol. The van der Waals surface area contributed by atoms with Gasteiger partial charge in [-0.05, 0) is 25.7 Å². The fourth-order valence-electron chi connectivity index (χ4n) is 11.9. The molecule has 5 atom stereocenters. The van der Waals surface area contributed by atoms with Gasteiger partial charge < -0.3 is 33.8 Å². The van der Waals surface area contributed by atoms with Gasteiger partial charge in [0.2, 0.25) is 0 Å². The molecule has 0 amide bonds. The van der Waals surface area contributed by atoms with E-state index in [1.54, 1.807) is 0 Å². The van der Waals surface area contributed by atoms with E-state index in [9.17, 15) is 43.2 Å². The Balaban J connectivity index is 5.18. The van der Waals surface area contributed by atoms with Crippen molar-refractivity contribution in [3.05, 3.63) is 0 Å². The van der Waals surface area contributed by atoms with Crippen molar-refractivity contribution in [1.29, 1.82) is 0 Å². The summed E-state index contributed by atoms with van der Waals surface area (Å²) in [5.74, 6) is -2.11. The molecule has 0 aliphatic rings. The van der Waals surface area contributed by atoms with E-state index in [1.807, 2.05) is 0 Å². The summed E-state index contributed by atoms with van der Waals surface area (Å²) < 4.78 is 68.5. The molecule has 0 rings (SSSR count). The van der Waals surface area contributed by atoms with Crippen molar-refractivity contribution in [2.24, 2.45) is 0 Å². The van der Waals surface area contributed by atoms with Gasteiger partial charge in [0, 0.05) is 25.7 Å². The van der Waals surface area contributed by atoms with Gasteiger partial charge in [0.25, 0.3) is 0 Å². The van der Waals surface area contributed by atoms with Crippen LogP contribution in [-0.2, 0) is 65.4 Å². The lowest BCUT2D eigenvalue weighted by Gasteiger charge is -2.21. The van der Waals surface area contributed by atoms with Crippen LogP contribution in [0, 0.1) is 0 Å². The number of carbonyl (C=O) groups is 4. The molecule has 0 fully saturated rings. The average molecular weight is 1410 g/mol. The fraction of sp³-hybridized carbons (Fsp3) is 0.948. The summed E-state index contributed by atoms with van der Waals surface area (Å²) in [6.07, 6.45) is 62.5. The number of hydrogen-bond donors (Lipinski definition) is 3. The number of rotatable bonds is 78. The van der Waals surface area contributed by atoms with Crippen LogP contribution in [0.15, 0.2) is 0 Å². The van der Waals surface area contributed by atoms with Crippen LogP contribution < -0.4 is 0 Å². The van der Waals surface area contributed by atoms with Crippen LogP contribution in [-0.4, -0.2) is 96.7 Å². The number of phosphoric acid groups is 2. The van der Waals surface area contributed by atoms with E-state index in [2.05, 4.69) is 27.7 Å². The van der Waals surface area contributed by atoms with Gasteiger partial charge in [0.1, 0.15) is 19.3 Å². The smallest absolute Gasteiger partial charge is 0.462 e. The highest BCUT2D eigenvalue weighted by molar-refractivity contribution is 7.47. The Morgan fingerprint density at radius 2 is 0.417 bits per heavy atom. The highest BCUT2D eigenvalue weighted by Gasteiger charge is 2.30. The van der Waals surface area contributed by atoms with Crippen LogP contribution in [0.4, 0.5) is 0 Å². The topological polar surface area (TPSA) is 237 Å². The number of phosphoric ester groups is 2. The summed E-state index contributed by atoms with van der Waals surface area (Å²) in [6.45, 7) is 4.96. The van der Waals surface area contributed by atoms with Gasteiger partial charge in [-0.3, -0.25) is 37.3 Å². The number of esters is 4. The Hall–Kier alpha value is -1.94. The Morgan fingerprint density at radius 3 is 0.615 bits per heavy atom. The molecule has 0 aliphatic carbocycles. The van der Waals surface area contributed by atoms with Crippen LogP contribution in [0.25, 0.3) is 0 Å². The fourth-order valence-corrected chi connectivity index (χ4v) is 13.5. The first-order chi connectivity index (χ1) is 46.7. The van der Waals surface area contributed by atoms with Crippen LogP contribution in [0.1, 0.15) is 413 Å². The third kappa shape index (κ3) is 70.5. The molecule has 19 heteroatoms. The number of aliphatic hydroxyl groups excluding tert-OH is 1. The predicted octanol–water partition coefficient (Wildman–Crippen LogP) is 23.0. The molecule has 0 saturated carbocycles. The van der Waals surface area contributed by atoms with Crippen molar-refractivity contribution < 1.29 is 80.2 Å². The molecule has 3 N–H and O–H groups in total. The first-order valence-electron chi connectivity index (χ1n) is 40.3. The third-order valence-corrected chi connectivity index (χ3v) is 20.0. The van der Waals surface area contributed by atoms with Gasteiger partial charge in [0.15, 0.2) is 12.2 Å². The third-order valence-electron chi connectivity index (χ3n) is 18.1. The van der Waals surface area contributed by atoms with Crippen molar-refractivity contribution in [2.75, 3.05) is 39.6 Å². The molecule has 0 radical (unpaired) electrons. The lowest BCUT2D eigenvalue weighted by molar-refractivity contribution is -0.161. The molecule has 0 spiro atoms. The van der Waals surface area contributed by atoms with Crippen LogP contribution in [0.2, 0.25) is 0 Å². The second kappa shape index (κ2) is 71.5. The maximum Gasteiger partial charge on any atom is 0.472 e. The van der Waals surface area contributed by atoms with Gasteiger partial charge in [-0.15, -0.1) is 0 Å². The number of carbonyl (C=O) groups excluding carboxylic acids is 4. The first kappa shape index (κ1) is 94.1. The molecule has 0 bridgehead atoms. The summed E-state index contributed by atoms with van der Waals surface area (Å²) in [4.78, 5) is 72.7. The summed E-state index contributed by atoms with van der Waals surface area (Å²) >= 11 is 0. The molecule has 570 valence electrons. The van der Waals surface area contributed by atoms with Crippen LogP contribution in [0.5, 0.6) is 0 Å². The van der Waals surface area contributed by atoms with E-state index >= 15 is 0 Å².